The van der Waals surface area contributed by atoms with E-state index in [1.165, 1.54) is 0 Å². The predicted octanol–water partition coefficient (Wildman–Crippen LogP) is 1.86. The van der Waals surface area contributed by atoms with E-state index in [9.17, 15) is 26.3 Å². The maximum atomic E-state index is 12.0. The fourth-order valence-electron chi connectivity index (χ4n) is 0.830. The molecular weight excluding hydrogens is 232 g/mol. The Kier molecular flexibility index (Phi) is 2.53. The maximum absolute atomic E-state index is 12.0. The number of nitrogens with zero attached hydrogens (tertiary/aromatic N) is 2. The van der Waals surface area contributed by atoms with Gasteiger partial charge in [0, 0.05) is 0 Å². The fraction of sp³-hybridized carbons (Fsp3) is 0.600. The van der Waals surface area contributed by atoms with Crippen LogP contribution in [0.4, 0.5) is 32.3 Å². The molecule has 0 aliphatic heterocycles. The summed E-state index contributed by atoms with van der Waals surface area (Å²) < 4.78 is 75.9. The zero-order valence-corrected chi connectivity index (χ0v) is 6.73. The van der Waals surface area contributed by atoms with Crippen molar-refractivity contribution in [2.24, 2.45) is 0 Å². The van der Waals surface area contributed by atoms with E-state index in [1.807, 2.05) is 0 Å². The van der Waals surface area contributed by atoms with Gasteiger partial charge in [0.15, 0.2) is 0 Å². The van der Waals surface area contributed by atoms with Crippen molar-refractivity contribution < 1.29 is 30.9 Å². The van der Waals surface area contributed by atoms with Gasteiger partial charge in [-0.15, -0.1) is 0 Å². The molecule has 2 N–H and O–H groups in total. The Labute approximate surface area is 78.0 Å². The van der Waals surface area contributed by atoms with E-state index >= 15 is 0 Å². The number of anilines is 1. The Morgan fingerprint density at radius 1 is 1.07 bits per heavy atom. The van der Waals surface area contributed by atoms with Crippen LogP contribution in [-0.2, 0) is 0 Å². The molecule has 0 saturated carbocycles. The van der Waals surface area contributed by atoms with Crippen LogP contribution in [0.5, 0.6) is 0 Å². The molecule has 0 aromatic carbocycles. The third-order valence-electron chi connectivity index (χ3n) is 1.36. The summed E-state index contributed by atoms with van der Waals surface area (Å²) in [5.74, 6) is -6.22. The highest BCUT2D eigenvalue weighted by molar-refractivity contribution is 5.14. The summed E-state index contributed by atoms with van der Waals surface area (Å²) in [7, 11) is 0. The molecule has 1 heterocycles. The van der Waals surface area contributed by atoms with Gasteiger partial charge < -0.3 is 10.3 Å². The van der Waals surface area contributed by atoms with Gasteiger partial charge in [-0.05, 0) is 5.16 Å². The maximum Gasteiger partial charge on any atom is 0.409 e. The standard InChI is InChI=1S/C5H3F6N3O/c6-4(7,8)1(5(9,10)11)2-13-3(12)14-15-2/h1H,(H2,12,14). The molecule has 4 nitrogen and oxygen atoms in total. The van der Waals surface area contributed by atoms with Crippen LogP contribution in [0.2, 0.25) is 0 Å². The van der Waals surface area contributed by atoms with E-state index in [1.54, 1.807) is 0 Å². The summed E-state index contributed by atoms with van der Waals surface area (Å²) in [6.07, 6.45) is -11.1. The first-order valence-corrected chi connectivity index (χ1v) is 3.35. The van der Waals surface area contributed by atoms with Crippen LogP contribution in [0.15, 0.2) is 4.52 Å². The first kappa shape index (κ1) is 11.6. The highest BCUT2D eigenvalue weighted by Gasteiger charge is 2.60. The minimum absolute atomic E-state index is 0.788. The molecular formula is C5H3F6N3O. The zero-order chi connectivity index (χ0) is 11.9. The number of hydrogen-bond donors (Lipinski definition) is 1. The molecule has 0 amide bonds. The molecule has 1 rings (SSSR count). The van der Waals surface area contributed by atoms with E-state index in [2.05, 4.69) is 14.7 Å². The van der Waals surface area contributed by atoms with E-state index in [0.29, 0.717) is 0 Å². The molecule has 0 radical (unpaired) electrons. The molecule has 0 fully saturated rings. The number of halogens is 6. The van der Waals surface area contributed by atoms with Crippen LogP contribution >= 0.6 is 0 Å². The average molecular weight is 235 g/mol. The molecule has 0 atom stereocenters. The van der Waals surface area contributed by atoms with Crippen molar-refractivity contribution in [2.45, 2.75) is 18.3 Å². The third-order valence-corrected chi connectivity index (χ3v) is 1.36. The Morgan fingerprint density at radius 3 is 1.80 bits per heavy atom. The second kappa shape index (κ2) is 3.28. The van der Waals surface area contributed by atoms with Gasteiger partial charge in [0.1, 0.15) is 0 Å². The number of nitrogens with two attached hydrogens (primary N) is 1. The van der Waals surface area contributed by atoms with Crippen LogP contribution in [0.1, 0.15) is 11.8 Å². The molecule has 0 aliphatic rings. The number of aromatic nitrogens is 2. The van der Waals surface area contributed by atoms with E-state index in [0.717, 1.165) is 0 Å². The molecule has 0 unspecified atom stereocenters. The van der Waals surface area contributed by atoms with Crippen LogP contribution in [0.25, 0.3) is 0 Å². The molecule has 1 aromatic rings. The van der Waals surface area contributed by atoms with Crippen molar-refractivity contribution in [1.29, 1.82) is 0 Å². The Bertz CT molecular complexity index is 327. The lowest BCUT2D eigenvalue weighted by Crippen LogP contribution is -2.34. The summed E-state index contributed by atoms with van der Waals surface area (Å²) in [5, 5.41) is 2.66. The lowest BCUT2D eigenvalue weighted by Gasteiger charge is -2.18. The van der Waals surface area contributed by atoms with Crippen LogP contribution in [0.3, 0.4) is 0 Å². The van der Waals surface area contributed by atoms with Crippen molar-refractivity contribution in [3.8, 4) is 0 Å². The summed E-state index contributed by atoms with van der Waals surface area (Å²) >= 11 is 0. The summed E-state index contributed by atoms with van der Waals surface area (Å²) in [5.41, 5.74) is 4.75. The van der Waals surface area contributed by atoms with Gasteiger partial charge in [0.05, 0.1) is 0 Å². The summed E-state index contributed by atoms with van der Waals surface area (Å²) in [6.45, 7) is 0. The number of alkyl halides is 6. The Balaban J connectivity index is 3.14. The van der Waals surface area contributed by atoms with E-state index in [4.69, 9.17) is 5.73 Å². The van der Waals surface area contributed by atoms with Crippen molar-refractivity contribution in [2.75, 3.05) is 5.73 Å². The van der Waals surface area contributed by atoms with Gasteiger partial charge in [0.2, 0.25) is 11.8 Å². The molecule has 10 heteroatoms. The lowest BCUT2D eigenvalue weighted by atomic mass is 10.1. The topological polar surface area (TPSA) is 64.9 Å². The number of nitrogen functional groups attached to an aromatic ring is 1. The number of rotatable bonds is 1. The summed E-state index contributed by atoms with van der Waals surface area (Å²) in [6, 6.07) is 0. The van der Waals surface area contributed by atoms with Crippen molar-refractivity contribution in [1.82, 2.24) is 10.1 Å². The molecule has 0 bridgehead atoms. The van der Waals surface area contributed by atoms with Gasteiger partial charge >= 0.3 is 12.4 Å². The SMILES string of the molecule is Nc1noc(C(C(F)(F)F)C(F)(F)F)n1. The van der Waals surface area contributed by atoms with E-state index in [-0.39, 0.29) is 0 Å². The largest absolute Gasteiger partial charge is 0.409 e. The highest BCUT2D eigenvalue weighted by atomic mass is 19.4. The minimum Gasteiger partial charge on any atom is -0.365 e. The van der Waals surface area contributed by atoms with Gasteiger partial charge in [-0.2, -0.15) is 31.3 Å². The van der Waals surface area contributed by atoms with Gasteiger partial charge in [0.25, 0.3) is 5.95 Å². The molecule has 1 aromatic heterocycles. The second-order valence-electron chi connectivity index (χ2n) is 2.51. The first-order valence-electron chi connectivity index (χ1n) is 3.35. The molecule has 0 spiro atoms. The molecule has 15 heavy (non-hydrogen) atoms. The van der Waals surface area contributed by atoms with E-state index < -0.39 is 30.1 Å². The highest BCUT2D eigenvalue weighted by Crippen LogP contribution is 2.45. The Morgan fingerprint density at radius 2 is 1.53 bits per heavy atom. The predicted molar refractivity (Wildman–Crippen MR) is 33.6 cm³/mol. The smallest absolute Gasteiger partial charge is 0.365 e. The molecule has 86 valence electrons. The average Bonchev–Trinajstić information content (AvgIpc) is 2.28. The summed E-state index contributed by atoms with van der Waals surface area (Å²) in [4.78, 5) is 2.70. The third kappa shape index (κ3) is 2.50. The minimum atomic E-state index is -5.56. The monoisotopic (exact) mass is 235 g/mol. The fourth-order valence-corrected chi connectivity index (χ4v) is 0.830. The van der Waals surface area contributed by atoms with Crippen LogP contribution in [-0.4, -0.2) is 22.5 Å². The van der Waals surface area contributed by atoms with Gasteiger partial charge in [-0.25, -0.2) is 0 Å². The lowest BCUT2D eigenvalue weighted by molar-refractivity contribution is -0.259. The van der Waals surface area contributed by atoms with Gasteiger partial charge in [-0.1, -0.05) is 0 Å². The Hall–Kier alpha value is -1.48. The van der Waals surface area contributed by atoms with Crippen molar-refractivity contribution in [3.63, 3.8) is 0 Å². The quantitative estimate of drug-likeness (QED) is 0.754. The van der Waals surface area contributed by atoms with Crippen LogP contribution in [0, 0.1) is 0 Å². The number of hydrogen-bond acceptors (Lipinski definition) is 4. The zero-order valence-electron chi connectivity index (χ0n) is 6.73. The first-order chi connectivity index (χ1) is 6.62. The van der Waals surface area contributed by atoms with Gasteiger partial charge in [-0.3, -0.25) is 0 Å². The molecule has 0 saturated heterocycles. The van der Waals surface area contributed by atoms with Crippen molar-refractivity contribution >= 4 is 5.95 Å². The molecule has 0 aliphatic carbocycles. The van der Waals surface area contributed by atoms with Crippen molar-refractivity contribution in [3.05, 3.63) is 5.89 Å². The normalized spacial score (nSPS) is 13.5. The second-order valence-corrected chi connectivity index (χ2v) is 2.51. The van der Waals surface area contributed by atoms with Crippen LogP contribution < -0.4 is 5.73 Å².